The second-order valence-electron chi connectivity index (χ2n) is 9.14. The third-order valence-corrected chi connectivity index (χ3v) is 6.98. The molecule has 0 saturated carbocycles. The summed E-state index contributed by atoms with van der Waals surface area (Å²) in [6.45, 7) is 7.74. The number of ether oxygens (including phenoxy) is 3. The Labute approximate surface area is 217 Å². The van der Waals surface area contributed by atoms with Crippen molar-refractivity contribution in [2.24, 2.45) is 5.14 Å². The van der Waals surface area contributed by atoms with Gasteiger partial charge in [-0.1, -0.05) is 11.6 Å². The Bertz CT molecular complexity index is 1180. The van der Waals surface area contributed by atoms with Gasteiger partial charge in [0.2, 0.25) is 10.0 Å². The van der Waals surface area contributed by atoms with E-state index in [-0.39, 0.29) is 29.6 Å². The number of sulfonamides is 1. The summed E-state index contributed by atoms with van der Waals surface area (Å²) in [5.74, 6) is 1.53. The number of nitrogens with zero attached hydrogens (tertiary/aromatic N) is 1. The molecular formula is C25H34ClN3O6S. The number of nitrogens with one attached hydrogen (secondary N) is 1. The molecule has 0 aromatic heterocycles. The molecule has 0 radical (unpaired) electrons. The highest BCUT2D eigenvalue weighted by Crippen LogP contribution is 2.36. The molecule has 9 nitrogen and oxygen atoms in total. The summed E-state index contributed by atoms with van der Waals surface area (Å²) < 4.78 is 40.0. The van der Waals surface area contributed by atoms with Gasteiger partial charge in [-0.2, -0.15) is 0 Å². The molecule has 1 heterocycles. The molecule has 2 aromatic rings. The lowest BCUT2D eigenvalue weighted by molar-refractivity contribution is -0.124. The Balaban J connectivity index is 1.51. The number of carbonyl (C=O) groups excluding carboxylic acids is 1. The van der Waals surface area contributed by atoms with Gasteiger partial charge < -0.3 is 19.5 Å². The normalized spacial score (nSPS) is 15.1. The molecule has 1 fully saturated rings. The SMILES string of the molecule is COc1cc(Cl)cc(CN2CCC(NC(=O)COc3ccc(S(N)(=O)=O)cc3C)CC2)c1OC(C)C. The molecule has 1 aliphatic rings. The van der Waals surface area contributed by atoms with Gasteiger partial charge in [0, 0.05) is 42.3 Å². The molecule has 1 amide bonds. The van der Waals surface area contributed by atoms with Gasteiger partial charge >= 0.3 is 0 Å². The largest absolute Gasteiger partial charge is 0.493 e. The molecular weight excluding hydrogens is 506 g/mol. The second-order valence-corrected chi connectivity index (χ2v) is 11.1. The Hall–Kier alpha value is -2.53. The Morgan fingerprint density at radius 1 is 1.19 bits per heavy atom. The number of nitrogens with two attached hydrogens (primary N) is 1. The van der Waals surface area contributed by atoms with Crippen molar-refractivity contribution in [2.75, 3.05) is 26.8 Å². The summed E-state index contributed by atoms with van der Waals surface area (Å²) in [5.41, 5.74) is 1.55. The summed E-state index contributed by atoms with van der Waals surface area (Å²) >= 11 is 6.30. The van der Waals surface area contributed by atoms with Crippen LogP contribution in [0.5, 0.6) is 17.2 Å². The second kappa shape index (κ2) is 12.1. The highest BCUT2D eigenvalue weighted by molar-refractivity contribution is 7.89. The average Bonchev–Trinajstić information content (AvgIpc) is 2.80. The van der Waals surface area contributed by atoms with E-state index in [0.717, 1.165) is 31.5 Å². The van der Waals surface area contributed by atoms with E-state index in [1.54, 1.807) is 20.1 Å². The molecule has 2 aromatic carbocycles. The van der Waals surface area contributed by atoms with Gasteiger partial charge in [-0.15, -0.1) is 0 Å². The number of carbonyl (C=O) groups is 1. The zero-order valence-electron chi connectivity index (χ0n) is 21.0. The standard InChI is InChI=1S/C25H34ClN3O6S/c1-16(2)35-25-18(12-19(26)13-23(25)33-4)14-29-9-7-20(8-10-29)28-24(30)15-34-22-6-5-21(11-17(22)3)36(27,31)32/h5-6,11-13,16,20H,7-10,14-15H2,1-4H3,(H,28,30)(H2,27,31,32). The van der Waals surface area contributed by atoms with E-state index in [9.17, 15) is 13.2 Å². The maximum Gasteiger partial charge on any atom is 0.258 e. The first-order valence-electron chi connectivity index (χ1n) is 11.8. The van der Waals surface area contributed by atoms with Gasteiger partial charge in [0.05, 0.1) is 18.1 Å². The van der Waals surface area contributed by atoms with Crippen LogP contribution in [-0.2, 0) is 21.4 Å². The number of rotatable bonds is 10. The maximum atomic E-state index is 12.4. The Morgan fingerprint density at radius 3 is 2.47 bits per heavy atom. The van der Waals surface area contributed by atoms with E-state index in [0.29, 0.717) is 34.4 Å². The predicted molar refractivity (Wildman–Crippen MR) is 138 cm³/mol. The molecule has 198 valence electrons. The van der Waals surface area contributed by atoms with E-state index >= 15 is 0 Å². The quantitative estimate of drug-likeness (QED) is 0.475. The number of benzene rings is 2. The molecule has 1 aliphatic heterocycles. The van der Waals surface area contributed by atoms with Gasteiger partial charge in [-0.25, -0.2) is 13.6 Å². The number of amides is 1. The molecule has 36 heavy (non-hydrogen) atoms. The lowest BCUT2D eigenvalue weighted by Gasteiger charge is -2.33. The van der Waals surface area contributed by atoms with Crippen molar-refractivity contribution in [1.29, 1.82) is 0 Å². The number of halogens is 1. The van der Waals surface area contributed by atoms with E-state index < -0.39 is 10.0 Å². The van der Waals surface area contributed by atoms with E-state index in [4.69, 9.17) is 31.0 Å². The van der Waals surface area contributed by atoms with E-state index in [1.807, 2.05) is 19.9 Å². The van der Waals surface area contributed by atoms with Gasteiger partial charge in [-0.05, 0) is 63.4 Å². The Morgan fingerprint density at radius 2 is 1.89 bits per heavy atom. The molecule has 3 rings (SSSR count). The zero-order valence-corrected chi connectivity index (χ0v) is 22.6. The fourth-order valence-corrected chi connectivity index (χ4v) is 4.94. The van der Waals surface area contributed by atoms with Crippen LogP contribution in [-0.4, -0.2) is 58.2 Å². The third kappa shape index (κ3) is 7.73. The van der Waals surface area contributed by atoms with Crippen molar-refractivity contribution in [3.63, 3.8) is 0 Å². The van der Waals surface area contributed by atoms with Crippen LogP contribution in [0.2, 0.25) is 5.02 Å². The summed E-state index contributed by atoms with van der Waals surface area (Å²) in [7, 11) is -2.19. The average molecular weight is 540 g/mol. The summed E-state index contributed by atoms with van der Waals surface area (Å²) in [6, 6.07) is 7.99. The van der Waals surface area contributed by atoms with Crippen LogP contribution in [0.3, 0.4) is 0 Å². The molecule has 11 heteroatoms. The van der Waals surface area contributed by atoms with Crippen LogP contribution in [0, 0.1) is 6.92 Å². The van der Waals surface area contributed by atoms with Crippen LogP contribution in [0.25, 0.3) is 0 Å². The summed E-state index contributed by atoms with van der Waals surface area (Å²) in [4.78, 5) is 14.7. The molecule has 0 atom stereocenters. The lowest BCUT2D eigenvalue weighted by Crippen LogP contribution is -2.45. The Kier molecular flexibility index (Phi) is 9.46. The fraction of sp³-hybridized carbons (Fsp3) is 0.480. The number of likely N-dealkylation sites (tertiary alicyclic amines) is 1. The van der Waals surface area contributed by atoms with Crippen LogP contribution < -0.4 is 24.7 Å². The van der Waals surface area contributed by atoms with Gasteiger partial charge in [-0.3, -0.25) is 9.69 Å². The van der Waals surface area contributed by atoms with Gasteiger partial charge in [0.15, 0.2) is 18.1 Å². The molecule has 0 bridgehead atoms. The summed E-state index contributed by atoms with van der Waals surface area (Å²) in [5, 5.41) is 8.76. The number of methoxy groups -OCH3 is 1. The van der Waals surface area contributed by atoms with E-state index in [1.165, 1.54) is 18.2 Å². The lowest BCUT2D eigenvalue weighted by atomic mass is 10.0. The third-order valence-electron chi connectivity index (χ3n) is 5.85. The van der Waals surface area contributed by atoms with Gasteiger partial charge in [0.25, 0.3) is 5.91 Å². The smallest absolute Gasteiger partial charge is 0.258 e. The first kappa shape index (κ1) is 28.0. The first-order valence-corrected chi connectivity index (χ1v) is 13.7. The topological polar surface area (TPSA) is 120 Å². The van der Waals surface area contributed by atoms with Crippen LogP contribution in [0.1, 0.15) is 37.8 Å². The van der Waals surface area contributed by atoms with Gasteiger partial charge in [0.1, 0.15) is 5.75 Å². The number of hydrogen-bond acceptors (Lipinski definition) is 7. The molecule has 0 spiro atoms. The number of hydrogen-bond donors (Lipinski definition) is 2. The molecule has 1 saturated heterocycles. The molecule has 0 unspecified atom stereocenters. The van der Waals surface area contributed by atoms with Crippen LogP contribution >= 0.6 is 11.6 Å². The van der Waals surface area contributed by atoms with Crippen molar-refractivity contribution in [2.45, 2.75) is 57.2 Å². The number of piperidine rings is 1. The molecule has 3 N–H and O–H groups in total. The predicted octanol–water partition coefficient (Wildman–Crippen LogP) is 3.25. The van der Waals surface area contributed by atoms with Crippen molar-refractivity contribution >= 4 is 27.5 Å². The fourth-order valence-electron chi connectivity index (χ4n) is 4.11. The number of aryl methyl sites for hydroxylation is 1. The van der Waals surface area contributed by atoms with E-state index in [2.05, 4.69) is 10.2 Å². The number of primary sulfonamides is 1. The zero-order chi connectivity index (χ0) is 26.5. The summed E-state index contributed by atoms with van der Waals surface area (Å²) in [6.07, 6.45) is 1.59. The minimum atomic E-state index is -3.79. The highest BCUT2D eigenvalue weighted by Gasteiger charge is 2.23. The van der Waals surface area contributed by atoms with Crippen molar-refractivity contribution in [3.05, 3.63) is 46.5 Å². The highest BCUT2D eigenvalue weighted by atomic mass is 35.5. The maximum absolute atomic E-state index is 12.4. The van der Waals surface area contributed by atoms with Crippen LogP contribution in [0.15, 0.2) is 35.2 Å². The van der Waals surface area contributed by atoms with Crippen molar-refractivity contribution < 1.29 is 27.4 Å². The van der Waals surface area contributed by atoms with Crippen LogP contribution in [0.4, 0.5) is 0 Å². The van der Waals surface area contributed by atoms with Crippen molar-refractivity contribution in [1.82, 2.24) is 10.2 Å². The minimum Gasteiger partial charge on any atom is -0.493 e. The molecule has 0 aliphatic carbocycles. The monoisotopic (exact) mass is 539 g/mol. The first-order chi connectivity index (χ1) is 17.0. The minimum absolute atomic E-state index is 0.00239. The van der Waals surface area contributed by atoms with Crippen molar-refractivity contribution in [3.8, 4) is 17.2 Å².